The number of carbonyl (C=O) groups is 1. The number of aromatic nitrogens is 2. The highest BCUT2D eigenvalue weighted by molar-refractivity contribution is 5.72. The minimum absolute atomic E-state index is 0.221. The van der Waals surface area contributed by atoms with E-state index < -0.39 is 0 Å². The van der Waals surface area contributed by atoms with Crippen molar-refractivity contribution in [1.29, 1.82) is 0 Å². The van der Waals surface area contributed by atoms with E-state index in [1.54, 1.807) is 12.4 Å². The van der Waals surface area contributed by atoms with Crippen LogP contribution in [0.1, 0.15) is 110 Å². The summed E-state index contributed by atoms with van der Waals surface area (Å²) in [6.07, 6.45) is 20.9. The maximum Gasteiger partial charge on any atom is 0.311 e. The lowest BCUT2D eigenvalue weighted by Gasteiger charge is -2.08. The highest BCUT2D eigenvalue weighted by atomic mass is 16.5. The van der Waals surface area contributed by atoms with E-state index >= 15 is 0 Å². The van der Waals surface area contributed by atoms with E-state index in [0.29, 0.717) is 18.0 Å². The zero-order valence-corrected chi connectivity index (χ0v) is 21.4. The van der Waals surface area contributed by atoms with Crippen molar-refractivity contribution in [2.45, 2.75) is 110 Å². The number of nitrogens with zero attached hydrogens (tertiary/aromatic N) is 2. The van der Waals surface area contributed by atoms with E-state index in [1.807, 2.05) is 24.3 Å². The minimum atomic E-state index is -0.221. The predicted molar refractivity (Wildman–Crippen MR) is 139 cm³/mol. The number of rotatable bonds is 19. The van der Waals surface area contributed by atoms with E-state index in [9.17, 15) is 4.79 Å². The van der Waals surface area contributed by atoms with Gasteiger partial charge in [0.25, 0.3) is 0 Å². The lowest BCUT2D eigenvalue weighted by atomic mass is 10.1. The maximum absolute atomic E-state index is 12.0. The first-order valence-electron chi connectivity index (χ1n) is 13.5. The van der Waals surface area contributed by atoms with Crippen molar-refractivity contribution >= 4 is 5.97 Å². The third kappa shape index (κ3) is 12.2. The van der Waals surface area contributed by atoms with Crippen LogP contribution in [0.15, 0.2) is 36.7 Å². The largest absolute Gasteiger partial charge is 0.494 e. The molecule has 0 fully saturated rings. The predicted octanol–water partition coefficient (Wildman–Crippen LogP) is 8.32. The number of hydrogen-bond acceptors (Lipinski definition) is 5. The number of unbranched alkanes of at least 4 members (excludes halogenated alkanes) is 12. The van der Waals surface area contributed by atoms with Crippen LogP contribution in [-0.2, 0) is 4.79 Å². The number of carbonyl (C=O) groups excluding carboxylic acids is 1. The SMILES string of the molecule is CCCCCCCCCCCOc1ccc(-c2ncc(OC(=O)CCCCCCC)cn2)cc1. The van der Waals surface area contributed by atoms with Crippen molar-refractivity contribution in [2.24, 2.45) is 0 Å². The summed E-state index contributed by atoms with van der Waals surface area (Å²) in [7, 11) is 0. The van der Waals surface area contributed by atoms with Gasteiger partial charge in [-0.1, -0.05) is 90.9 Å². The van der Waals surface area contributed by atoms with Gasteiger partial charge in [0, 0.05) is 12.0 Å². The summed E-state index contributed by atoms with van der Waals surface area (Å²) in [5.41, 5.74) is 0.907. The Bertz CT molecular complexity index is 775. The summed E-state index contributed by atoms with van der Waals surface area (Å²) < 4.78 is 11.2. The van der Waals surface area contributed by atoms with Gasteiger partial charge in [0.1, 0.15) is 5.75 Å². The van der Waals surface area contributed by atoms with E-state index in [1.165, 1.54) is 70.6 Å². The lowest BCUT2D eigenvalue weighted by molar-refractivity contribution is -0.134. The Morgan fingerprint density at radius 3 is 1.79 bits per heavy atom. The standard InChI is InChI=1S/C29H44N2O3/c1-3-5-7-9-10-11-12-14-16-22-33-26-20-18-25(19-21-26)29-30-23-27(24-31-29)34-28(32)17-15-13-8-6-4-2/h18-21,23-24H,3-17,22H2,1-2H3. The van der Waals surface area contributed by atoms with Gasteiger partial charge in [0.15, 0.2) is 11.6 Å². The van der Waals surface area contributed by atoms with Gasteiger partial charge >= 0.3 is 5.97 Å². The fraction of sp³-hybridized carbons (Fsp3) is 0.621. The highest BCUT2D eigenvalue weighted by Gasteiger charge is 2.07. The first kappa shape index (κ1) is 27.8. The molecule has 0 saturated heterocycles. The van der Waals surface area contributed by atoms with Gasteiger partial charge in [0.2, 0.25) is 0 Å². The van der Waals surface area contributed by atoms with Crippen LogP contribution in [0.25, 0.3) is 11.4 Å². The first-order valence-corrected chi connectivity index (χ1v) is 13.5. The van der Waals surface area contributed by atoms with Crippen molar-refractivity contribution in [3.8, 4) is 22.9 Å². The molecule has 188 valence electrons. The average Bonchev–Trinajstić information content (AvgIpc) is 2.86. The molecule has 2 rings (SSSR count). The molecule has 0 aliphatic carbocycles. The fourth-order valence-electron chi connectivity index (χ4n) is 3.88. The molecule has 5 heteroatoms. The molecule has 0 amide bonds. The molecular weight excluding hydrogens is 424 g/mol. The van der Waals surface area contributed by atoms with Crippen LogP contribution in [0.5, 0.6) is 11.5 Å². The van der Waals surface area contributed by atoms with Crippen molar-refractivity contribution in [3.05, 3.63) is 36.7 Å². The molecule has 1 aromatic carbocycles. The summed E-state index contributed by atoms with van der Waals surface area (Å²) >= 11 is 0. The van der Waals surface area contributed by atoms with E-state index in [2.05, 4.69) is 23.8 Å². The summed E-state index contributed by atoms with van der Waals surface area (Å²) in [4.78, 5) is 20.7. The lowest BCUT2D eigenvalue weighted by Crippen LogP contribution is -2.08. The first-order chi connectivity index (χ1) is 16.7. The van der Waals surface area contributed by atoms with Gasteiger partial charge in [0.05, 0.1) is 19.0 Å². The van der Waals surface area contributed by atoms with E-state index in [-0.39, 0.29) is 5.97 Å². The fourth-order valence-corrected chi connectivity index (χ4v) is 3.88. The third-order valence-electron chi connectivity index (χ3n) is 5.97. The van der Waals surface area contributed by atoms with Crippen molar-refractivity contribution in [2.75, 3.05) is 6.61 Å². The zero-order valence-electron chi connectivity index (χ0n) is 21.4. The molecule has 0 unspecified atom stereocenters. The smallest absolute Gasteiger partial charge is 0.311 e. The van der Waals surface area contributed by atoms with Gasteiger partial charge in [-0.2, -0.15) is 0 Å². The molecular formula is C29H44N2O3. The van der Waals surface area contributed by atoms with Crippen LogP contribution in [0.3, 0.4) is 0 Å². The molecule has 0 atom stereocenters. The number of hydrogen-bond donors (Lipinski definition) is 0. The average molecular weight is 469 g/mol. The summed E-state index contributed by atoms with van der Waals surface area (Å²) in [5.74, 6) is 1.64. The summed E-state index contributed by atoms with van der Waals surface area (Å²) in [6.45, 7) is 5.19. The zero-order chi connectivity index (χ0) is 24.3. The van der Waals surface area contributed by atoms with Gasteiger partial charge in [-0.3, -0.25) is 4.79 Å². The number of esters is 1. The Morgan fingerprint density at radius 2 is 1.21 bits per heavy atom. The Morgan fingerprint density at radius 1 is 0.676 bits per heavy atom. The topological polar surface area (TPSA) is 61.3 Å². The summed E-state index contributed by atoms with van der Waals surface area (Å²) in [6, 6.07) is 7.84. The van der Waals surface area contributed by atoms with Crippen LogP contribution in [0.4, 0.5) is 0 Å². The molecule has 34 heavy (non-hydrogen) atoms. The van der Waals surface area contributed by atoms with Crippen molar-refractivity contribution in [1.82, 2.24) is 9.97 Å². The minimum Gasteiger partial charge on any atom is -0.494 e. The molecule has 0 saturated carbocycles. The second kappa shape index (κ2) is 18.0. The van der Waals surface area contributed by atoms with Crippen molar-refractivity contribution in [3.63, 3.8) is 0 Å². The molecule has 1 heterocycles. The van der Waals surface area contributed by atoms with E-state index in [0.717, 1.165) is 37.2 Å². The molecule has 1 aromatic heterocycles. The van der Waals surface area contributed by atoms with Gasteiger partial charge in [-0.05, 0) is 37.1 Å². The molecule has 0 radical (unpaired) electrons. The quantitative estimate of drug-likeness (QED) is 0.153. The molecule has 5 nitrogen and oxygen atoms in total. The van der Waals surface area contributed by atoms with E-state index in [4.69, 9.17) is 9.47 Å². The highest BCUT2D eigenvalue weighted by Crippen LogP contribution is 2.21. The molecule has 0 aliphatic heterocycles. The molecule has 0 aliphatic rings. The van der Waals surface area contributed by atoms with Gasteiger partial charge < -0.3 is 9.47 Å². The van der Waals surface area contributed by atoms with Crippen LogP contribution < -0.4 is 9.47 Å². The van der Waals surface area contributed by atoms with Crippen LogP contribution in [0, 0.1) is 0 Å². The normalized spacial score (nSPS) is 10.9. The summed E-state index contributed by atoms with van der Waals surface area (Å²) in [5, 5.41) is 0. The molecule has 0 bridgehead atoms. The van der Waals surface area contributed by atoms with Crippen LogP contribution >= 0.6 is 0 Å². The maximum atomic E-state index is 12.0. The Hall–Kier alpha value is -2.43. The Kier molecular flexibility index (Phi) is 14.7. The molecule has 2 aromatic rings. The molecule has 0 spiro atoms. The number of benzene rings is 1. The monoisotopic (exact) mass is 468 g/mol. The Labute approximate surface area is 206 Å². The second-order valence-electron chi connectivity index (χ2n) is 9.08. The van der Waals surface area contributed by atoms with Gasteiger partial charge in [-0.25, -0.2) is 9.97 Å². The van der Waals surface area contributed by atoms with Crippen molar-refractivity contribution < 1.29 is 14.3 Å². The number of ether oxygens (including phenoxy) is 2. The Balaban J connectivity index is 1.63. The van der Waals surface area contributed by atoms with Gasteiger partial charge in [-0.15, -0.1) is 0 Å². The molecule has 0 N–H and O–H groups in total. The van der Waals surface area contributed by atoms with Crippen LogP contribution in [0.2, 0.25) is 0 Å². The third-order valence-corrected chi connectivity index (χ3v) is 5.97. The second-order valence-corrected chi connectivity index (χ2v) is 9.08. The van der Waals surface area contributed by atoms with Crippen LogP contribution in [-0.4, -0.2) is 22.5 Å².